The van der Waals surface area contributed by atoms with E-state index in [1.54, 1.807) is 19.0 Å². The lowest BCUT2D eigenvalue weighted by Crippen LogP contribution is -2.45. The van der Waals surface area contributed by atoms with Crippen LogP contribution in [0.5, 0.6) is 0 Å². The van der Waals surface area contributed by atoms with Crippen molar-refractivity contribution >= 4 is 18.0 Å². The van der Waals surface area contributed by atoms with Gasteiger partial charge in [-0.25, -0.2) is 4.79 Å². The van der Waals surface area contributed by atoms with Gasteiger partial charge in [-0.3, -0.25) is 9.79 Å². The molecule has 2 amide bonds. The third kappa shape index (κ3) is 11.7. The number of nitrogens with zero attached hydrogens (tertiary/aromatic N) is 3. The first-order valence-corrected chi connectivity index (χ1v) is 10.1. The summed E-state index contributed by atoms with van der Waals surface area (Å²) in [7, 11) is 5.44. The van der Waals surface area contributed by atoms with Gasteiger partial charge in [-0.15, -0.1) is 0 Å². The van der Waals surface area contributed by atoms with E-state index in [0.29, 0.717) is 19.5 Å². The predicted molar refractivity (Wildman–Crippen MR) is 115 cm³/mol. The largest absolute Gasteiger partial charge is 0.444 e. The number of guanidine groups is 1. The van der Waals surface area contributed by atoms with Crippen LogP contribution in [-0.4, -0.2) is 80.2 Å². The van der Waals surface area contributed by atoms with Crippen molar-refractivity contribution in [3.05, 3.63) is 0 Å². The molecule has 8 nitrogen and oxygen atoms in total. The van der Waals surface area contributed by atoms with Crippen molar-refractivity contribution in [2.24, 2.45) is 10.9 Å². The molecule has 0 aliphatic heterocycles. The molecule has 164 valence electrons. The molecule has 1 unspecified atom stereocenters. The molecule has 28 heavy (non-hydrogen) atoms. The smallest absolute Gasteiger partial charge is 0.407 e. The minimum Gasteiger partial charge on any atom is -0.444 e. The molecule has 0 heterocycles. The summed E-state index contributed by atoms with van der Waals surface area (Å²) in [6, 6.07) is -0.00417. The molecule has 0 spiro atoms. The Hall–Kier alpha value is -1.99. The van der Waals surface area contributed by atoms with Crippen LogP contribution < -0.4 is 10.6 Å². The molecular formula is C20H41N5O3. The molecule has 0 fully saturated rings. The summed E-state index contributed by atoms with van der Waals surface area (Å²) in [5.41, 5.74) is -0.517. The van der Waals surface area contributed by atoms with Crippen LogP contribution in [0.1, 0.15) is 54.4 Å². The van der Waals surface area contributed by atoms with E-state index in [1.807, 2.05) is 39.6 Å². The van der Waals surface area contributed by atoms with Crippen molar-refractivity contribution in [2.45, 2.75) is 66.0 Å². The highest BCUT2D eigenvalue weighted by molar-refractivity contribution is 5.80. The van der Waals surface area contributed by atoms with Crippen molar-refractivity contribution in [3.8, 4) is 0 Å². The lowest BCUT2D eigenvalue weighted by molar-refractivity contribution is -0.128. The van der Waals surface area contributed by atoms with Crippen LogP contribution in [0.2, 0.25) is 0 Å². The van der Waals surface area contributed by atoms with Gasteiger partial charge in [-0.05, 0) is 40.0 Å². The van der Waals surface area contributed by atoms with E-state index in [-0.39, 0.29) is 17.9 Å². The summed E-state index contributed by atoms with van der Waals surface area (Å²) < 4.78 is 5.37. The molecule has 0 radical (unpaired) electrons. The molecule has 2 N–H and O–H groups in total. The quantitative estimate of drug-likeness (QED) is 0.459. The van der Waals surface area contributed by atoms with E-state index in [0.717, 1.165) is 18.9 Å². The maximum atomic E-state index is 12.1. The van der Waals surface area contributed by atoms with Crippen LogP contribution in [0.3, 0.4) is 0 Å². The van der Waals surface area contributed by atoms with Crippen molar-refractivity contribution in [1.29, 1.82) is 0 Å². The Balaban J connectivity index is 4.78. The molecule has 0 aromatic heterocycles. The number of carbonyl (C=O) groups excluding carboxylic acids is 2. The number of rotatable bonds is 9. The second kappa shape index (κ2) is 12.5. The van der Waals surface area contributed by atoms with E-state index in [4.69, 9.17) is 4.74 Å². The van der Waals surface area contributed by atoms with Gasteiger partial charge in [-0.1, -0.05) is 13.8 Å². The average Bonchev–Trinajstić information content (AvgIpc) is 2.55. The predicted octanol–water partition coefficient (Wildman–Crippen LogP) is 2.30. The Morgan fingerprint density at radius 2 is 1.75 bits per heavy atom. The number of hydrogen-bond donors (Lipinski definition) is 2. The van der Waals surface area contributed by atoms with Gasteiger partial charge < -0.3 is 25.2 Å². The normalized spacial score (nSPS) is 13.1. The highest BCUT2D eigenvalue weighted by Crippen LogP contribution is 2.11. The first-order valence-electron chi connectivity index (χ1n) is 10.1. The topological polar surface area (TPSA) is 86.3 Å². The molecule has 0 saturated carbocycles. The lowest BCUT2D eigenvalue weighted by atomic mass is 10.0. The Bertz CT molecular complexity index is 512. The number of hydrogen-bond acceptors (Lipinski definition) is 4. The van der Waals surface area contributed by atoms with E-state index in [2.05, 4.69) is 29.5 Å². The Kier molecular flexibility index (Phi) is 11.6. The Morgan fingerprint density at radius 3 is 2.21 bits per heavy atom. The minimum absolute atomic E-state index is 0.00417. The fraction of sp³-hybridized carbons (Fsp3) is 0.850. The number of carbonyl (C=O) groups is 2. The summed E-state index contributed by atoms with van der Waals surface area (Å²) in [5, 5.41) is 6.22. The Labute approximate surface area is 171 Å². The van der Waals surface area contributed by atoms with Crippen molar-refractivity contribution in [2.75, 3.05) is 40.8 Å². The second-order valence-corrected chi connectivity index (χ2v) is 8.48. The van der Waals surface area contributed by atoms with Gasteiger partial charge in [0.15, 0.2) is 5.96 Å². The summed E-state index contributed by atoms with van der Waals surface area (Å²) in [4.78, 5) is 31.9. The maximum Gasteiger partial charge on any atom is 0.407 e. The highest BCUT2D eigenvalue weighted by Gasteiger charge is 2.22. The van der Waals surface area contributed by atoms with Gasteiger partial charge in [-0.2, -0.15) is 0 Å². The first kappa shape index (κ1) is 26.0. The van der Waals surface area contributed by atoms with Crippen molar-refractivity contribution in [1.82, 2.24) is 20.4 Å². The van der Waals surface area contributed by atoms with Crippen LogP contribution in [0.15, 0.2) is 4.99 Å². The standard InChI is InChI=1S/C20H41N5O3/c1-10-21-18(22-13-11-17(26)24(7)8)25(9)14-12-16(15(2)3)23-19(27)28-20(4,5)6/h15-16H,10-14H2,1-9H3,(H,21,22)(H,23,27). The SMILES string of the molecule is CCNC(=NCCC(=O)N(C)C)N(C)CCC(NC(=O)OC(C)(C)C)C(C)C. The number of alkyl carbamates (subject to hydrolysis) is 1. The molecule has 0 saturated heterocycles. The molecule has 0 aliphatic rings. The molecule has 0 rings (SSSR count). The number of ether oxygens (including phenoxy) is 1. The van der Waals surface area contributed by atoms with Crippen LogP contribution >= 0.6 is 0 Å². The lowest BCUT2D eigenvalue weighted by Gasteiger charge is -2.28. The van der Waals surface area contributed by atoms with Gasteiger partial charge in [0.1, 0.15) is 5.60 Å². The maximum absolute atomic E-state index is 12.1. The summed E-state index contributed by atoms with van der Waals surface area (Å²) >= 11 is 0. The fourth-order valence-corrected chi connectivity index (χ4v) is 2.42. The van der Waals surface area contributed by atoms with Crippen molar-refractivity contribution in [3.63, 3.8) is 0 Å². The molecule has 8 heteroatoms. The summed E-state index contributed by atoms with van der Waals surface area (Å²) in [6.07, 6.45) is 0.746. The minimum atomic E-state index is -0.517. The van der Waals surface area contributed by atoms with Crippen LogP contribution in [-0.2, 0) is 9.53 Å². The zero-order chi connectivity index (χ0) is 21.9. The molecular weight excluding hydrogens is 358 g/mol. The molecule has 0 bridgehead atoms. The Morgan fingerprint density at radius 1 is 1.14 bits per heavy atom. The van der Waals surface area contributed by atoms with Gasteiger partial charge in [0, 0.05) is 46.7 Å². The van der Waals surface area contributed by atoms with Gasteiger partial charge in [0.25, 0.3) is 0 Å². The van der Waals surface area contributed by atoms with E-state index in [1.165, 1.54) is 0 Å². The monoisotopic (exact) mass is 399 g/mol. The van der Waals surface area contributed by atoms with Crippen LogP contribution in [0.25, 0.3) is 0 Å². The third-order valence-corrected chi connectivity index (χ3v) is 4.06. The van der Waals surface area contributed by atoms with Crippen molar-refractivity contribution < 1.29 is 14.3 Å². The van der Waals surface area contributed by atoms with Crippen LogP contribution in [0.4, 0.5) is 4.79 Å². The molecule has 1 atom stereocenters. The summed E-state index contributed by atoms with van der Waals surface area (Å²) in [6.45, 7) is 13.6. The average molecular weight is 400 g/mol. The molecule has 0 aromatic rings. The zero-order valence-electron chi connectivity index (χ0n) is 19.3. The van der Waals surface area contributed by atoms with E-state index >= 15 is 0 Å². The number of nitrogens with one attached hydrogen (secondary N) is 2. The first-order chi connectivity index (χ1) is 12.9. The number of amides is 2. The summed E-state index contributed by atoms with van der Waals surface area (Å²) in [5.74, 6) is 1.09. The second-order valence-electron chi connectivity index (χ2n) is 8.48. The van der Waals surface area contributed by atoms with E-state index in [9.17, 15) is 9.59 Å². The molecule has 0 aromatic carbocycles. The third-order valence-electron chi connectivity index (χ3n) is 4.06. The fourth-order valence-electron chi connectivity index (χ4n) is 2.42. The number of aliphatic imine (C=N–C) groups is 1. The van der Waals surface area contributed by atoms with Gasteiger partial charge >= 0.3 is 6.09 Å². The van der Waals surface area contributed by atoms with Gasteiger partial charge in [0.05, 0.1) is 6.54 Å². The van der Waals surface area contributed by atoms with Crippen LogP contribution in [0, 0.1) is 5.92 Å². The zero-order valence-corrected chi connectivity index (χ0v) is 19.3. The van der Waals surface area contributed by atoms with Gasteiger partial charge in [0.2, 0.25) is 5.91 Å². The van der Waals surface area contributed by atoms with E-state index < -0.39 is 11.7 Å². The highest BCUT2D eigenvalue weighted by atomic mass is 16.6. The molecule has 0 aliphatic carbocycles.